The molecule has 2 unspecified atom stereocenters. The summed E-state index contributed by atoms with van der Waals surface area (Å²) in [7, 11) is 1.83. The van der Waals surface area contributed by atoms with E-state index >= 15 is 0 Å². The van der Waals surface area contributed by atoms with Crippen LogP contribution in [-0.2, 0) is 6.42 Å². The average Bonchev–Trinajstić information content (AvgIpc) is 2.93. The summed E-state index contributed by atoms with van der Waals surface area (Å²) in [5.41, 5.74) is 1.58. The first-order valence-electron chi connectivity index (χ1n) is 6.96. The van der Waals surface area contributed by atoms with Crippen LogP contribution in [0.4, 0.5) is 4.39 Å². The highest BCUT2D eigenvalue weighted by Gasteiger charge is 2.16. The van der Waals surface area contributed by atoms with Gasteiger partial charge in [0.1, 0.15) is 5.82 Å². The Morgan fingerprint density at radius 3 is 2.85 bits per heavy atom. The van der Waals surface area contributed by atoms with Gasteiger partial charge in [0.15, 0.2) is 0 Å². The molecule has 0 fully saturated rings. The molecular formula is C15H21FN4. The van der Waals surface area contributed by atoms with Crippen molar-refractivity contribution in [3.05, 3.63) is 47.8 Å². The van der Waals surface area contributed by atoms with Crippen LogP contribution in [0.25, 0.3) is 0 Å². The van der Waals surface area contributed by atoms with Crippen LogP contribution < -0.4 is 5.32 Å². The summed E-state index contributed by atoms with van der Waals surface area (Å²) in [4.78, 5) is 3.78. The molecule has 0 aliphatic rings. The van der Waals surface area contributed by atoms with Crippen molar-refractivity contribution >= 4 is 0 Å². The molecule has 0 bridgehead atoms. The third-order valence-corrected chi connectivity index (χ3v) is 3.65. The minimum atomic E-state index is -0.284. The Balaban J connectivity index is 2.15. The van der Waals surface area contributed by atoms with Gasteiger partial charge in [-0.25, -0.2) is 4.39 Å². The quantitative estimate of drug-likeness (QED) is 0.882. The minimum Gasteiger partial charge on any atom is -0.313 e. The molecule has 2 atom stereocenters. The van der Waals surface area contributed by atoms with Gasteiger partial charge in [0.25, 0.3) is 0 Å². The highest BCUT2D eigenvalue weighted by atomic mass is 19.1. The predicted octanol–water partition coefficient (Wildman–Crippen LogP) is 2.89. The number of aromatic nitrogens is 3. The maximum Gasteiger partial charge on any atom is 0.146 e. The number of halogens is 1. The van der Waals surface area contributed by atoms with E-state index in [0.717, 1.165) is 12.1 Å². The Labute approximate surface area is 119 Å². The predicted molar refractivity (Wildman–Crippen MR) is 76.9 cm³/mol. The zero-order chi connectivity index (χ0) is 14.5. The zero-order valence-electron chi connectivity index (χ0n) is 12.2. The zero-order valence-corrected chi connectivity index (χ0v) is 12.2. The lowest BCUT2D eigenvalue weighted by atomic mass is 10.0. The van der Waals surface area contributed by atoms with Gasteiger partial charge in [-0.15, -0.1) is 0 Å². The molecule has 5 heteroatoms. The standard InChI is InChI=1S/C15H21FN4/c1-4-11(2)20-8-6-12(19-20)9-15(17-3)13-5-7-18-10-14(13)16/h5-8,10-11,15,17H,4,9H2,1-3H3. The molecule has 2 aromatic heterocycles. The van der Waals surface area contributed by atoms with Crippen LogP contribution in [0.5, 0.6) is 0 Å². The number of nitrogens with one attached hydrogen (secondary N) is 1. The second kappa shape index (κ2) is 6.61. The van der Waals surface area contributed by atoms with Crippen molar-refractivity contribution in [2.75, 3.05) is 7.05 Å². The number of pyridine rings is 1. The van der Waals surface area contributed by atoms with Gasteiger partial charge in [0, 0.05) is 36.5 Å². The van der Waals surface area contributed by atoms with Crippen molar-refractivity contribution < 1.29 is 4.39 Å². The van der Waals surface area contributed by atoms with E-state index in [4.69, 9.17) is 0 Å². The summed E-state index contributed by atoms with van der Waals surface area (Å²) in [6.45, 7) is 4.27. The van der Waals surface area contributed by atoms with E-state index in [1.165, 1.54) is 6.20 Å². The third-order valence-electron chi connectivity index (χ3n) is 3.65. The molecule has 108 valence electrons. The lowest BCUT2D eigenvalue weighted by Crippen LogP contribution is -2.20. The molecule has 1 N–H and O–H groups in total. The summed E-state index contributed by atoms with van der Waals surface area (Å²) in [5.74, 6) is -0.284. The maximum absolute atomic E-state index is 13.8. The SMILES string of the molecule is CCC(C)n1ccc(CC(NC)c2ccncc2F)n1. The van der Waals surface area contributed by atoms with Gasteiger partial charge in [0.2, 0.25) is 0 Å². The Bertz CT molecular complexity index is 552. The molecule has 0 aromatic carbocycles. The van der Waals surface area contributed by atoms with E-state index in [0.29, 0.717) is 18.0 Å². The van der Waals surface area contributed by atoms with Gasteiger partial charge < -0.3 is 5.32 Å². The molecule has 4 nitrogen and oxygen atoms in total. The monoisotopic (exact) mass is 276 g/mol. The molecule has 0 spiro atoms. The number of hydrogen-bond donors (Lipinski definition) is 1. The van der Waals surface area contributed by atoms with Crippen LogP contribution in [0, 0.1) is 5.82 Å². The summed E-state index contributed by atoms with van der Waals surface area (Å²) < 4.78 is 15.8. The van der Waals surface area contributed by atoms with Gasteiger partial charge in [-0.05, 0) is 32.5 Å². The topological polar surface area (TPSA) is 42.7 Å². The first-order valence-corrected chi connectivity index (χ1v) is 6.96. The highest BCUT2D eigenvalue weighted by molar-refractivity contribution is 5.19. The van der Waals surface area contributed by atoms with Crippen molar-refractivity contribution in [3.63, 3.8) is 0 Å². The maximum atomic E-state index is 13.8. The molecular weight excluding hydrogens is 255 g/mol. The first kappa shape index (κ1) is 14.7. The molecule has 2 rings (SSSR count). The Morgan fingerprint density at radius 1 is 1.40 bits per heavy atom. The molecule has 0 saturated heterocycles. The molecule has 0 radical (unpaired) electrons. The van der Waals surface area contributed by atoms with Gasteiger partial charge in [0.05, 0.1) is 11.9 Å². The van der Waals surface area contributed by atoms with Crippen molar-refractivity contribution in [3.8, 4) is 0 Å². The normalized spacial score (nSPS) is 14.2. The fourth-order valence-electron chi connectivity index (χ4n) is 2.16. The molecule has 0 saturated carbocycles. The fourth-order valence-corrected chi connectivity index (χ4v) is 2.16. The summed E-state index contributed by atoms with van der Waals surface area (Å²) in [6, 6.07) is 3.99. The molecule has 0 aliphatic heterocycles. The molecule has 20 heavy (non-hydrogen) atoms. The minimum absolute atomic E-state index is 0.0988. The van der Waals surface area contributed by atoms with Gasteiger partial charge in [-0.3, -0.25) is 9.67 Å². The second-order valence-electron chi connectivity index (χ2n) is 4.99. The first-order chi connectivity index (χ1) is 9.65. The Kier molecular flexibility index (Phi) is 4.84. The van der Waals surface area contributed by atoms with E-state index in [1.54, 1.807) is 12.3 Å². The van der Waals surface area contributed by atoms with E-state index in [-0.39, 0.29) is 11.9 Å². The molecule has 0 amide bonds. The summed E-state index contributed by atoms with van der Waals surface area (Å²) >= 11 is 0. The Morgan fingerprint density at radius 2 is 2.20 bits per heavy atom. The lowest BCUT2D eigenvalue weighted by molar-refractivity contribution is 0.467. The van der Waals surface area contributed by atoms with E-state index in [2.05, 4.69) is 29.2 Å². The van der Waals surface area contributed by atoms with Crippen LogP contribution in [0.2, 0.25) is 0 Å². The number of likely N-dealkylation sites (N-methyl/N-ethyl adjacent to an activating group) is 1. The second-order valence-corrected chi connectivity index (χ2v) is 4.99. The van der Waals surface area contributed by atoms with Crippen molar-refractivity contribution in [2.45, 2.75) is 38.8 Å². The van der Waals surface area contributed by atoms with Crippen LogP contribution in [-0.4, -0.2) is 21.8 Å². The average molecular weight is 276 g/mol. The lowest BCUT2D eigenvalue weighted by Gasteiger charge is -2.16. The molecule has 2 heterocycles. The van der Waals surface area contributed by atoms with E-state index in [1.807, 2.05) is 24.0 Å². The third kappa shape index (κ3) is 3.22. The molecule has 0 aliphatic carbocycles. The smallest absolute Gasteiger partial charge is 0.146 e. The van der Waals surface area contributed by atoms with Gasteiger partial charge >= 0.3 is 0 Å². The number of rotatable bonds is 6. The van der Waals surface area contributed by atoms with Crippen LogP contribution >= 0.6 is 0 Å². The van der Waals surface area contributed by atoms with Crippen molar-refractivity contribution in [2.24, 2.45) is 0 Å². The van der Waals surface area contributed by atoms with Crippen LogP contribution in [0.3, 0.4) is 0 Å². The van der Waals surface area contributed by atoms with Crippen LogP contribution in [0.15, 0.2) is 30.7 Å². The summed E-state index contributed by atoms with van der Waals surface area (Å²) in [6.07, 6.45) is 6.54. The molecule has 2 aromatic rings. The van der Waals surface area contributed by atoms with Gasteiger partial charge in [-0.2, -0.15) is 5.10 Å². The van der Waals surface area contributed by atoms with E-state index < -0.39 is 0 Å². The fraction of sp³-hybridized carbons (Fsp3) is 0.467. The highest BCUT2D eigenvalue weighted by Crippen LogP contribution is 2.20. The summed E-state index contributed by atoms with van der Waals surface area (Å²) in [5, 5.41) is 7.71. The van der Waals surface area contributed by atoms with E-state index in [9.17, 15) is 4.39 Å². The van der Waals surface area contributed by atoms with Crippen molar-refractivity contribution in [1.29, 1.82) is 0 Å². The Hall–Kier alpha value is -1.75. The number of nitrogens with zero attached hydrogens (tertiary/aromatic N) is 3. The van der Waals surface area contributed by atoms with Crippen LogP contribution in [0.1, 0.15) is 43.6 Å². The van der Waals surface area contributed by atoms with Gasteiger partial charge in [-0.1, -0.05) is 6.92 Å². The largest absolute Gasteiger partial charge is 0.313 e. The van der Waals surface area contributed by atoms with Crippen molar-refractivity contribution in [1.82, 2.24) is 20.1 Å². The number of hydrogen-bond acceptors (Lipinski definition) is 3.